The molecule has 2 rings (SSSR count). The zero-order valence-corrected chi connectivity index (χ0v) is 9.75. The topological polar surface area (TPSA) is 46.5 Å². The standard InChI is InChI=1S/C12H13ClO3/c1-16-8-2-3-10(13)9(6-8)12(4-5-12)7-11(14)15/h2-3,6H,4-5,7H2,1H3,(H,14,15). The Morgan fingerprint density at radius 2 is 2.25 bits per heavy atom. The molecule has 0 spiro atoms. The van der Waals surface area contributed by atoms with E-state index in [1.54, 1.807) is 19.2 Å². The summed E-state index contributed by atoms with van der Waals surface area (Å²) in [4.78, 5) is 10.8. The first-order chi connectivity index (χ1) is 7.57. The molecule has 3 nitrogen and oxygen atoms in total. The van der Waals surface area contributed by atoms with Crippen LogP contribution in [0.3, 0.4) is 0 Å². The molecule has 1 aromatic rings. The third-order valence-corrected chi connectivity index (χ3v) is 3.42. The van der Waals surface area contributed by atoms with Gasteiger partial charge in [0.05, 0.1) is 13.5 Å². The fourth-order valence-electron chi connectivity index (χ4n) is 2.02. The lowest BCUT2D eigenvalue weighted by Gasteiger charge is -2.15. The molecule has 16 heavy (non-hydrogen) atoms. The quantitative estimate of drug-likeness (QED) is 0.880. The summed E-state index contributed by atoms with van der Waals surface area (Å²) >= 11 is 6.11. The van der Waals surface area contributed by atoms with Gasteiger partial charge in [-0.15, -0.1) is 0 Å². The maximum Gasteiger partial charge on any atom is 0.304 e. The molecular formula is C12H13ClO3. The van der Waals surface area contributed by atoms with Crippen LogP contribution in [-0.4, -0.2) is 18.2 Å². The van der Waals surface area contributed by atoms with E-state index in [0.29, 0.717) is 5.02 Å². The molecule has 0 saturated heterocycles. The second kappa shape index (κ2) is 3.98. The number of hydrogen-bond donors (Lipinski definition) is 1. The Hall–Kier alpha value is -1.22. The zero-order valence-electron chi connectivity index (χ0n) is 9.00. The maximum atomic E-state index is 10.8. The summed E-state index contributed by atoms with van der Waals surface area (Å²) in [6.45, 7) is 0. The lowest BCUT2D eigenvalue weighted by atomic mass is 9.92. The van der Waals surface area contributed by atoms with Crippen LogP contribution >= 0.6 is 11.6 Å². The second-order valence-corrected chi connectivity index (χ2v) is 4.60. The SMILES string of the molecule is COc1ccc(Cl)c(C2(CC(=O)O)CC2)c1. The van der Waals surface area contributed by atoms with Gasteiger partial charge in [-0.25, -0.2) is 0 Å². The van der Waals surface area contributed by atoms with Gasteiger partial charge in [-0.3, -0.25) is 4.79 Å². The summed E-state index contributed by atoms with van der Waals surface area (Å²) in [5.41, 5.74) is 0.633. The van der Waals surface area contributed by atoms with Crippen molar-refractivity contribution in [2.24, 2.45) is 0 Å². The van der Waals surface area contributed by atoms with Gasteiger partial charge in [0.1, 0.15) is 5.75 Å². The molecule has 4 heteroatoms. The van der Waals surface area contributed by atoms with Gasteiger partial charge in [-0.1, -0.05) is 11.6 Å². The van der Waals surface area contributed by atoms with Crippen molar-refractivity contribution in [1.82, 2.24) is 0 Å². The molecule has 1 aromatic carbocycles. The summed E-state index contributed by atoms with van der Waals surface area (Å²) in [5, 5.41) is 9.52. The van der Waals surface area contributed by atoms with Crippen LogP contribution in [0.1, 0.15) is 24.8 Å². The van der Waals surface area contributed by atoms with Crippen molar-refractivity contribution in [3.05, 3.63) is 28.8 Å². The molecule has 1 aliphatic rings. The third kappa shape index (κ3) is 2.00. The van der Waals surface area contributed by atoms with Gasteiger partial charge in [-0.2, -0.15) is 0 Å². The lowest BCUT2D eigenvalue weighted by Crippen LogP contribution is -2.13. The van der Waals surface area contributed by atoms with Crippen LogP contribution in [0.25, 0.3) is 0 Å². The average Bonchev–Trinajstić information content (AvgIpc) is 2.98. The molecule has 1 fully saturated rings. The molecule has 0 amide bonds. The molecule has 0 bridgehead atoms. The lowest BCUT2D eigenvalue weighted by molar-refractivity contribution is -0.137. The monoisotopic (exact) mass is 240 g/mol. The van der Waals surface area contributed by atoms with Crippen LogP contribution in [0.5, 0.6) is 5.75 Å². The number of ether oxygens (including phenoxy) is 1. The highest BCUT2D eigenvalue weighted by Gasteiger charge is 2.47. The van der Waals surface area contributed by atoms with E-state index >= 15 is 0 Å². The minimum Gasteiger partial charge on any atom is -0.497 e. The van der Waals surface area contributed by atoms with Gasteiger partial charge in [0, 0.05) is 10.4 Å². The molecule has 1 saturated carbocycles. The number of hydrogen-bond acceptors (Lipinski definition) is 2. The number of carboxylic acid groups (broad SMARTS) is 1. The Labute approximate surface area is 99.0 Å². The van der Waals surface area contributed by atoms with Crippen LogP contribution in [0.4, 0.5) is 0 Å². The van der Waals surface area contributed by atoms with Crippen LogP contribution in [0.2, 0.25) is 5.02 Å². The zero-order chi connectivity index (χ0) is 11.8. The minimum atomic E-state index is -0.781. The van der Waals surface area contributed by atoms with E-state index in [9.17, 15) is 4.79 Å². The summed E-state index contributed by atoms with van der Waals surface area (Å²) in [6, 6.07) is 5.39. The molecule has 0 atom stereocenters. The van der Waals surface area contributed by atoms with Crippen LogP contribution in [-0.2, 0) is 10.2 Å². The van der Waals surface area contributed by atoms with Crippen molar-refractivity contribution < 1.29 is 14.6 Å². The van der Waals surface area contributed by atoms with E-state index in [4.69, 9.17) is 21.4 Å². The molecule has 1 aliphatic carbocycles. The van der Waals surface area contributed by atoms with E-state index in [1.165, 1.54) is 0 Å². The largest absolute Gasteiger partial charge is 0.497 e. The molecule has 0 radical (unpaired) electrons. The molecule has 0 aromatic heterocycles. The number of methoxy groups -OCH3 is 1. The van der Waals surface area contributed by atoms with Crippen LogP contribution in [0.15, 0.2) is 18.2 Å². The number of carbonyl (C=O) groups is 1. The minimum absolute atomic E-state index is 0.139. The van der Waals surface area contributed by atoms with Crippen LogP contribution < -0.4 is 4.74 Å². The van der Waals surface area contributed by atoms with E-state index in [0.717, 1.165) is 24.2 Å². The summed E-state index contributed by atoms with van der Waals surface area (Å²) in [6.07, 6.45) is 1.90. The highest BCUT2D eigenvalue weighted by molar-refractivity contribution is 6.31. The van der Waals surface area contributed by atoms with E-state index in [1.807, 2.05) is 6.07 Å². The molecule has 86 valence electrons. The van der Waals surface area contributed by atoms with E-state index in [-0.39, 0.29) is 11.8 Å². The third-order valence-electron chi connectivity index (χ3n) is 3.09. The summed E-state index contributed by atoms with van der Waals surface area (Å²) in [7, 11) is 1.59. The Bertz CT molecular complexity index is 424. The van der Waals surface area contributed by atoms with Gasteiger partial charge in [-0.05, 0) is 36.6 Å². The summed E-state index contributed by atoms with van der Waals surface area (Å²) in [5.74, 6) is -0.0625. The summed E-state index contributed by atoms with van der Waals surface area (Å²) < 4.78 is 5.13. The first-order valence-electron chi connectivity index (χ1n) is 5.13. The molecule has 1 N–H and O–H groups in total. The predicted molar refractivity (Wildman–Crippen MR) is 61.2 cm³/mol. The van der Waals surface area contributed by atoms with Gasteiger partial charge in [0.25, 0.3) is 0 Å². The average molecular weight is 241 g/mol. The van der Waals surface area contributed by atoms with Crippen molar-refractivity contribution in [2.75, 3.05) is 7.11 Å². The van der Waals surface area contributed by atoms with Crippen LogP contribution in [0, 0.1) is 0 Å². The normalized spacial score (nSPS) is 16.9. The van der Waals surface area contributed by atoms with Crippen molar-refractivity contribution >= 4 is 17.6 Å². The van der Waals surface area contributed by atoms with Gasteiger partial charge in [0.15, 0.2) is 0 Å². The number of benzene rings is 1. The molecule has 0 aliphatic heterocycles. The number of halogens is 1. The molecular weight excluding hydrogens is 228 g/mol. The van der Waals surface area contributed by atoms with Gasteiger partial charge in [0.2, 0.25) is 0 Å². The molecule has 0 unspecified atom stereocenters. The fraction of sp³-hybridized carbons (Fsp3) is 0.417. The van der Waals surface area contributed by atoms with Crippen molar-refractivity contribution in [1.29, 1.82) is 0 Å². The Kier molecular flexibility index (Phi) is 2.80. The number of carboxylic acids is 1. The number of rotatable bonds is 4. The fourth-order valence-corrected chi connectivity index (χ4v) is 2.34. The Morgan fingerprint density at radius 3 is 2.75 bits per heavy atom. The number of aliphatic carboxylic acids is 1. The van der Waals surface area contributed by atoms with Gasteiger partial charge >= 0.3 is 5.97 Å². The predicted octanol–water partition coefficient (Wildman–Crippen LogP) is 2.85. The highest BCUT2D eigenvalue weighted by Crippen LogP contribution is 2.53. The first-order valence-corrected chi connectivity index (χ1v) is 5.51. The van der Waals surface area contributed by atoms with Crippen molar-refractivity contribution in [2.45, 2.75) is 24.7 Å². The Morgan fingerprint density at radius 1 is 1.56 bits per heavy atom. The highest BCUT2D eigenvalue weighted by atomic mass is 35.5. The van der Waals surface area contributed by atoms with E-state index < -0.39 is 5.97 Å². The Balaban J connectivity index is 2.35. The van der Waals surface area contributed by atoms with Gasteiger partial charge < -0.3 is 9.84 Å². The maximum absolute atomic E-state index is 10.8. The smallest absolute Gasteiger partial charge is 0.304 e. The first kappa shape index (κ1) is 11.3. The second-order valence-electron chi connectivity index (χ2n) is 4.20. The molecule has 0 heterocycles. The van der Waals surface area contributed by atoms with E-state index in [2.05, 4.69) is 0 Å². The van der Waals surface area contributed by atoms with Crippen molar-refractivity contribution in [3.8, 4) is 5.75 Å². The van der Waals surface area contributed by atoms with Crippen molar-refractivity contribution in [3.63, 3.8) is 0 Å².